The normalized spacial score (nSPS) is 18.0. The number of fused-ring (bicyclic) bond motifs is 2. The van der Waals surface area contributed by atoms with Gasteiger partial charge >= 0.3 is 6.18 Å². The summed E-state index contributed by atoms with van der Waals surface area (Å²) in [5.74, 6) is 1.13. The third kappa shape index (κ3) is 5.80. The van der Waals surface area contributed by atoms with Crippen molar-refractivity contribution in [2.24, 2.45) is 0 Å². The van der Waals surface area contributed by atoms with Gasteiger partial charge in [-0.1, -0.05) is 18.2 Å². The van der Waals surface area contributed by atoms with E-state index in [2.05, 4.69) is 15.3 Å². The molecular weight excluding hydrogens is 531 g/mol. The minimum absolute atomic E-state index is 0.0880. The molecule has 2 aromatic carbocycles. The second-order valence-electron chi connectivity index (χ2n) is 10.7. The van der Waals surface area contributed by atoms with Crippen LogP contribution in [0.5, 0.6) is 11.5 Å². The van der Waals surface area contributed by atoms with Gasteiger partial charge in [-0.15, -0.1) is 0 Å². The highest BCUT2D eigenvalue weighted by molar-refractivity contribution is 5.82. The van der Waals surface area contributed by atoms with Crippen LogP contribution in [-0.2, 0) is 30.4 Å². The number of carbonyl (C=O) groups is 1. The Kier molecular flexibility index (Phi) is 7.44. The first-order chi connectivity index (χ1) is 19.8. The number of aromatic amines is 1. The molecule has 0 bridgehead atoms. The van der Waals surface area contributed by atoms with Gasteiger partial charge in [-0.3, -0.25) is 9.69 Å². The van der Waals surface area contributed by atoms with Gasteiger partial charge in [0.2, 0.25) is 5.91 Å². The summed E-state index contributed by atoms with van der Waals surface area (Å²) in [6.45, 7) is 5.64. The van der Waals surface area contributed by atoms with Gasteiger partial charge < -0.3 is 19.9 Å². The van der Waals surface area contributed by atoms with E-state index in [1.807, 2.05) is 36.1 Å². The highest BCUT2D eigenvalue weighted by atomic mass is 19.4. The van der Waals surface area contributed by atoms with E-state index in [-0.39, 0.29) is 30.5 Å². The van der Waals surface area contributed by atoms with E-state index in [1.54, 1.807) is 29.4 Å². The minimum Gasteiger partial charge on any atom is -0.457 e. The molecule has 6 rings (SSSR count). The highest BCUT2D eigenvalue weighted by Crippen LogP contribution is 2.36. The minimum atomic E-state index is -4.49. The average molecular weight is 564 g/mol. The van der Waals surface area contributed by atoms with Crippen molar-refractivity contribution in [3.8, 4) is 11.5 Å². The number of aromatic nitrogens is 2. The Morgan fingerprint density at radius 1 is 1.07 bits per heavy atom. The molecule has 1 fully saturated rings. The molecule has 2 aliphatic heterocycles. The molecule has 2 aliphatic rings. The Morgan fingerprint density at radius 2 is 1.90 bits per heavy atom. The number of pyridine rings is 1. The molecule has 0 saturated carbocycles. The second-order valence-corrected chi connectivity index (χ2v) is 10.7. The molecule has 41 heavy (non-hydrogen) atoms. The second kappa shape index (κ2) is 11.2. The van der Waals surface area contributed by atoms with Crippen molar-refractivity contribution < 1.29 is 22.7 Å². The van der Waals surface area contributed by atoms with E-state index >= 15 is 0 Å². The lowest BCUT2D eigenvalue weighted by Crippen LogP contribution is -2.43. The van der Waals surface area contributed by atoms with Gasteiger partial charge in [-0.2, -0.15) is 13.2 Å². The Bertz CT molecular complexity index is 1560. The molecule has 0 spiro atoms. The number of nitrogens with zero attached hydrogens (tertiary/aromatic N) is 3. The number of halogens is 3. The summed E-state index contributed by atoms with van der Waals surface area (Å²) in [5.41, 5.74) is 2.80. The Morgan fingerprint density at radius 3 is 2.71 bits per heavy atom. The topological polar surface area (TPSA) is 73.5 Å². The van der Waals surface area contributed by atoms with Crippen molar-refractivity contribution in [2.45, 2.75) is 38.5 Å². The van der Waals surface area contributed by atoms with Crippen LogP contribution in [0.15, 0.2) is 60.9 Å². The maximum atomic E-state index is 14.0. The lowest BCUT2D eigenvalue weighted by molar-refractivity contribution is -0.139. The molecule has 214 valence electrons. The number of piperazine rings is 1. The summed E-state index contributed by atoms with van der Waals surface area (Å²) in [4.78, 5) is 24.6. The van der Waals surface area contributed by atoms with E-state index in [0.29, 0.717) is 43.1 Å². The van der Waals surface area contributed by atoms with Crippen molar-refractivity contribution in [3.63, 3.8) is 0 Å². The first-order valence-corrected chi connectivity index (χ1v) is 13.9. The third-order valence-corrected chi connectivity index (χ3v) is 8.06. The van der Waals surface area contributed by atoms with Crippen molar-refractivity contribution in [2.75, 3.05) is 32.7 Å². The fourth-order valence-corrected chi connectivity index (χ4v) is 5.87. The third-order valence-electron chi connectivity index (χ3n) is 8.06. The van der Waals surface area contributed by atoms with E-state index in [1.165, 1.54) is 6.07 Å². The monoisotopic (exact) mass is 563 g/mol. The first-order valence-electron chi connectivity index (χ1n) is 13.9. The fourth-order valence-electron chi connectivity index (χ4n) is 5.87. The summed E-state index contributed by atoms with van der Waals surface area (Å²) in [7, 11) is 0. The predicted octanol–water partition coefficient (Wildman–Crippen LogP) is 5.47. The van der Waals surface area contributed by atoms with Crippen LogP contribution in [0, 0.1) is 0 Å². The Balaban J connectivity index is 1.18. The highest BCUT2D eigenvalue weighted by Gasteiger charge is 2.35. The molecule has 4 aromatic rings. The largest absolute Gasteiger partial charge is 0.457 e. The van der Waals surface area contributed by atoms with Crippen LogP contribution in [0.25, 0.3) is 11.0 Å². The summed E-state index contributed by atoms with van der Waals surface area (Å²) >= 11 is 0. The number of ether oxygens (including phenoxy) is 1. The molecule has 2 N–H and O–H groups in total. The van der Waals surface area contributed by atoms with Gasteiger partial charge in [0.15, 0.2) is 0 Å². The zero-order valence-corrected chi connectivity index (χ0v) is 22.8. The number of nitrogens with one attached hydrogen (secondary N) is 2. The number of benzene rings is 2. The van der Waals surface area contributed by atoms with Crippen LogP contribution >= 0.6 is 0 Å². The van der Waals surface area contributed by atoms with Crippen molar-refractivity contribution >= 4 is 16.9 Å². The van der Waals surface area contributed by atoms with Crippen LogP contribution in [0.2, 0.25) is 0 Å². The van der Waals surface area contributed by atoms with E-state index in [4.69, 9.17) is 4.74 Å². The molecule has 2 aromatic heterocycles. The van der Waals surface area contributed by atoms with Crippen LogP contribution in [0.4, 0.5) is 13.2 Å². The predicted molar refractivity (Wildman–Crippen MR) is 150 cm³/mol. The quantitative estimate of drug-likeness (QED) is 0.326. The van der Waals surface area contributed by atoms with Gasteiger partial charge in [-0.25, -0.2) is 4.98 Å². The number of carbonyl (C=O) groups excluding carboxylic acids is 1. The number of hydrogen-bond donors (Lipinski definition) is 2. The Hall–Kier alpha value is -3.89. The lowest BCUT2D eigenvalue weighted by Gasteiger charge is -2.35. The summed E-state index contributed by atoms with van der Waals surface area (Å²) < 4.78 is 48.3. The van der Waals surface area contributed by atoms with Crippen molar-refractivity contribution in [1.82, 2.24) is 25.1 Å². The SMILES string of the molecule is C[C@H]1c2cc(Oc3ccnc4[nH]ccc34)ccc2CCN1C(=O)Cc1ccc(CN2CCNCC2)c(C(F)(F)F)c1. The van der Waals surface area contributed by atoms with Crippen molar-refractivity contribution in [3.05, 3.63) is 88.7 Å². The maximum Gasteiger partial charge on any atom is 0.416 e. The van der Waals surface area contributed by atoms with Gasteiger partial charge in [-0.05, 0) is 65.9 Å². The van der Waals surface area contributed by atoms with Crippen LogP contribution < -0.4 is 10.1 Å². The number of amides is 1. The van der Waals surface area contributed by atoms with Gasteiger partial charge in [0.05, 0.1) is 23.4 Å². The van der Waals surface area contributed by atoms with Crippen LogP contribution in [0.3, 0.4) is 0 Å². The molecular formula is C31H32F3N5O2. The molecule has 7 nitrogen and oxygen atoms in total. The first kappa shape index (κ1) is 27.3. The summed E-state index contributed by atoms with van der Waals surface area (Å²) in [6, 6.07) is 13.7. The molecule has 0 aliphatic carbocycles. The van der Waals surface area contributed by atoms with E-state index < -0.39 is 11.7 Å². The van der Waals surface area contributed by atoms with Gasteiger partial charge in [0, 0.05) is 51.7 Å². The molecule has 0 unspecified atom stereocenters. The number of H-pyrrole nitrogens is 1. The molecule has 10 heteroatoms. The van der Waals surface area contributed by atoms with E-state index in [9.17, 15) is 18.0 Å². The summed E-state index contributed by atoms with van der Waals surface area (Å²) in [5, 5.41) is 4.09. The van der Waals surface area contributed by atoms with E-state index in [0.717, 1.165) is 41.3 Å². The smallest absolute Gasteiger partial charge is 0.416 e. The van der Waals surface area contributed by atoms with Crippen LogP contribution in [0.1, 0.15) is 40.8 Å². The van der Waals surface area contributed by atoms with Crippen molar-refractivity contribution in [1.29, 1.82) is 0 Å². The molecule has 4 heterocycles. The number of hydrogen-bond acceptors (Lipinski definition) is 5. The van der Waals surface area contributed by atoms with Crippen LogP contribution in [-0.4, -0.2) is 58.4 Å². The number of rotatable bonds is 6. The fraction of sp³-hybridized carbons (Fsp3) is 0.355. The molecule has 1 amide bonds. The standard InChI is InChI=1S/C31H32F3N5O2/c1-20-26-18-24(41-28-7-10-37-30-25(28)6-9-36-30)5-4-22(26)8-13-39(20)29(40)17-21-2-3-23(27(16-21)31(32,33)34)19-38-14-11-35-12-15-38/h2-7,9-10,16,18,20,35H,8,11-15,17,19H2,1H3,(H,36,37)/t20-/m0/s1. The zero-order valence-electron chi connectivity index (χ0n) is 22.8. The maximum absolute atomic E-state index is 14.0. The average Bonchev–Trinajstić information content (AvgIpc) is 3.44. The number of alkyl halides is 3. The molecule has 0 radical (unpaired) electrons. The summed E-state index contributed by atoms with van der Waals surface area (Å²) in [6.07, 6.45) is -0.426. The van der Waals surface area contributed by atoms with Gasteiger partial charge in [0.1, 0.15) is 17.1 Å². The lowest BCUT2D eigenvalue weighted by atomic mass is 9.92. The Labute approximate surface area is 236 Å². The molecule has 1 atom stereocenters. The molecule has 1 saturated heterocycles. The zero-order chi connectivity index (χ0) is 28.6. The van der Waals surface area contributed by atoms with Gasteiger partial charge in [0.25, 0.3) is 0 Å².